The summed E-state index contributed by atoms with van der Waals surface area (Å²) in [5, 5.41) is 9.64. The van der Waals surface area contributed by atoms with E-state index in [4.69, 9.17) is 0 Å². The van der Waals surface area contributed by atoms with Crippen molar-refractivity contribution < 1.29 is 5.11 Å². The van der Waals surface area contributed by atoms with Crippen LogP contribution in [0.4, 0.5) is 0 Å². The molecule has 0 heterocycles. The van der Waals surface area contributed by atoms with E-state index in [1.165, 1.54) is 11.1 Å². The molecule has 2 aromatic rings. The van der Waals surface area contributed by atoms with E-state index >= 15 is 0 Å². The van der Waals surface area contributed by atoms with Gasteiger partial charge in [-0.1, -0.05) is 60.7 Å². The number of benzene rings is 2. The summed E-state index contributed by atoms with van der Waals surface area (Å²) >= 11 is 0. The van der Waals surface area contributed by atoms with Crippen molar-refractivity contribution in [2.24, 2.45) is 0 Å². The van der Waals surface area contributed by atoms with Crippen molar-refractivity contribution in [2.45, 2.75) is 26.1 Å². The summed E-state index contributed by atoms with van der Waals surface area (Å²) in [5.41, 5.74) is 2.55. The van der Waals surface area contributed by atoms with Crippen LogP contribution in [0.1, 0.15) is 18.1 Å². The molecule has 0 aromatic heterocycles. The summed E-state index contributed by atoms with van der Waals surface area (Å²) in [7, 11) is 0. The van der Waals surface area contributed by atoms with Crippen molar-refractivity contribution in [3.05, 3.63) is 71.8 Å². The quantitative estimate of drug-likeness (QED) is 0.857. The van der Waals surface area contributed by atoms with E-state index in [2.05, 4.69) is 53.4 Å². The fourth-order valence-corrected chi connectivity index (χ4v) is 2.24. The summed E-state index contributed by atoms with van der Waals surface area (Å²) in [6, 6.07) is 20.8. The Labute approximate surface area is 115 Å². The molecule has 0 aliphatic heterocycles. The Morgan fingerprint density at radius 1 is 0.842 bits per heavy atom. The van der Waals surface area contributed by atoms with Crippen molar-refractivity contribution in [2.75, 3.05) is 6.54 Å². The summed E-state index contributed by atoms with van der Waals surface area (Å²) in [6.07, 6.45) is -0.313. The standard InChI is InChI=1S/C17H21NO/c1-15(19)12-18(13-16-8-4-2-5-9-16)14-17-10-6-3-7-11-17/h2-11,15,19H,12-14H2,1H3/t15-/m1/s1. The van der Waals surface area contributed by atoms with E-state index < -0.39 is 0 Å². The third kappa shape index (κ3) is 4.86. The van der Waals surface area contributed by atoms with Crippen LogP contribution in [-0.4, -0.2) is 22.7 Å². The molecule has 100 valence electrons. The molecule has 0 unspecified atom stereocenters. The van der Waals surface area contributed by atoms with Gasteiger partial charge >= 0.3 is 0 Å². The highest BCUT2D eigenvalue weighted by Gasteiger charge is 2.09. The number of hydrogen-bond donors (Lipinski definition) is 1. The normalized spacial score (nSPS) is 12.6. The topological polar surface area (TPSA) is 23.5 Å². The predicted molar refractivity (Wildman–Crippen MR) is 78.7 cm³/mol. The van der Waals surface area contributed by atoms with Crippen molar-refractivity contribution >= 4 is 0 Å². The average molecular weight is 255 g/mol. The van der Waals surface area contributed by atoms with Gasteiger partial charge in [0.25, 0.3) is 0 Å². The summed E-state index contributed by atoms with van der Waals surface area (Å²) in [4.78, 5) is 2.27. The third-order valence-electron chi connectivity index (χ3n) is 3.02. The molecule has 0 saturated carbocycles. The minimum Gasteiger partial charge on any atom is -0.392 e. The first kappa shape index (κ1) is 13.8. The lowest BCUT2D eigenvalue weighted by atomic mass is 10.1. The third-order valence-corrected chi connectivity index (χ3v) is 3.02. The van der Waals surface area contributed by atoms with Crippen molar-refractivity contribution in [1.29, 1.82) is 0 Å². The molecule has 0 aliphatic carbocycles. The van der Waals surface area contributed by atoms with Crippen LogP contribution in [0.5, 0.6) is 0 Å². The van der Waals surface area contributed by atoms with E-state index in [-0.39, 0.29) is 6.10 Å². The van der Waals surface area contributed by atoms with E-state index in [0.717, 1.165) is 13.1 Å². The molecule has 2 rings (SSSR count). The molecule has 0 bridgehead atoms. The summed E-state index contributed by atoms with van der Waals surface area (Å²) in [5.74, 6) is 0. The van der Waals surface area contributed by atoms with Gasteiger partial charge in [-0.15, -0.1) is 0 Å². The number of hydrogen-bond acceptors (Lipinski definition) is 2. The van der Waals surface area contributed by atoms with Crippen LogP contribution in [0.3, 0.4) is 0 Å². The van der Waals surface area contributed by atoms with Gasteiger partial charge in [0.05, 0.1) is 6.10 Å². The zero-order chi connectivity index (χ0) is 13.5. The molecule has 19 heavy (non-hydrogen) atoms. The lowest BCUT2D eigenvalue weighted by molar-refractivity contribution is 0.118. The van der Waals surface area contributed by atoms with E-state index in [0.29, 0.717) is 6.54 Å². The minimum absolute atomic E-state index is 0.313. The second kappa shape index (κ2) is 7.07. The Morgan fingerprint density at radius 2 is 1.26 bits per heavy atom. The Morgan fingerprint density at radius 3 is 1.63 bits per heavy atom. The Hall–Kier alpha value is -1.64. The number of rotatable bonds is 6. The first-order chi connectivity index (χ1) is 9.24. The molecule has 1 N–H and O–H groups in total. The van der Waals surface area contributed by atoms with Crippen LogP contribution in [0, 0.1) is 0 Å². The second-order valence-electron chi connectivity index (χ2n) is 4.99. The maximum Gasteiger partial charge on any atom is 0.0639 e. The molecule has 2 nitrogen and oxygen atoms in total. The first-order valence-electron chi connectivity index (χ1n) is 6.72. The van der Waals surface area contributed by atoms with Gasteiger partial charge in [0.15, 0.2) is 0 Å². The molecule has 0 aliphatic rings. The zero-order valence-electron chi connectivity index (χ0n) is 11.4. The highest BCUT2D eigenvalue weighted by atomic mass is 16.3. The lowest BCUT2D eigenvalue weighted by Gasteiger charge is -2.24. The summed E-state index contributed by atoms with van der Waals surface area (Å²) < 4.78 is 0. The van der Waals surface area contributed by atoms with Gasteiger partial charge in [-0.05, 0) is 18.1 Å². The molecular weight excluding hydrogens is 234 g/mol. The van der Waals surface area contributed by atoms with Gasteiger partial charge in [-0.3, -0.25) is 4.90 Å². The first-order valence-corrected chi connectivity index (χ1v) is 6.72. The van der Waals surface area contributed by atoms with Gasteiger partial charge in [-0.2, -0.15) is 0 Å². The SMILES string of the molecule is C[C@@H](O)CN(Cc1ccccc1)Cc1ccccc1. The van der Waals surface area contributed by atoms with Crippen LogP contribution in [0.2, 0.25) is 0 Å². The van der Waals surface area contributed by atoms with Gasteiger partial charge < -0.3 is 5.11 Å². The molecule has 0 amide bonds. The highest BCUT2D eigenvalue weighted by molar-refractivity contribution is 5.17. The van der Waals surface area contributed by atoms with Crippen LogP contribution in [0.25, 0.3) is 0 Å². The van der Waals surface area contributed by atoms with Crippen LogP contribution in [-0.2, 0) is 13.1 Å². The van der Waals surface area contributed by atoms with Crippen LogP contribution in [0.15, 0.2) is 60.7 Å². The molecule has 0 radical (unpaired) electrons. The maximum atomic E-state index is 9.64. The number of aliphatic hydroxyl groups excluding tert-OH is 1. The fourth-order valence-electron chi connectivity index (χ4n) is 2.24. The van der Waals surface area contributed by atoms with Gasteiger partial charge in [0.1, 0.15) is 0 Å². The van der Waals surface area contributed by atoms with Crippen molar-refractivity contribution in [3.8, 4) is 0 Å². The number of aliphatic hydroxyl groups is 1. The smallest absolute Gasteiger partial charge is 0.0639 e. The molecule has 0 saturated heterocycles. The predicted octanol–water partition coefficient (Wildman–Crippen LogP) is 3.07. The number of nitrogens with zero attached hydrogens (tertiary/aromatic N) is 1. The lowest BCUT2D eigenvalue weighted by Crippen LogP contribution is -2.30. The largest absolute Gasteiger partial charge is 0.392 e. The minimum atomic E-state index is -0.313. The Kier molecular flexibility index (Phi) is 5.13. The van der Waals surface area contributed by atoms with Gasteiger partial charge in [-0.25, -0.2) is 0 Å². The molecule has 2 aromatic carbocycles. The van der Waals surface area contributed by atoms with Crippen LogP contribution >= 0.6 is 0 Å². The van der Waals surface area contributed by atoms with Crippen LogP contribution < -0.4 is 0 Å². The van der Waals surface area contributed by atoms with Gasteiger partial charge in [0.2, 0.25) is 0 Å². The monoisotopic (exact) mass is 255 g/mol. The summed E-state index contributed by atoms with van der Waals surface area (Å²) in [6.45, 7) is 4.24. The van der Waals surface area contributed by atoms with Crippen molar-refractivity contribution in [3.63, 3.8) is 0 Å². The molecule has 0 spiro atoms. The zero-order valence-corrected chi connectivity index (χ0v) is 11.4. The molecule has 2 heteroatoms. The highest BCUT2D eigenvalue weighted by Crippen LogP contribution is 2.10. The average Bonchev–Trinajstić information content (AvgIpc) is 2.40. The van der Waals surface area contributed by atoms with E-state index in [9.17, 15) is 5.11 Å². The Balaban J connectivity index is 2.03. The second-order valence-corrected chi connectivity index (χ2v) is 4.99. The molecular formula is C17H21NO. The van der Waals surface area contributed by atoms with Crippen molar-refractivity contribution in [1.82, 2.24) is 4.90 Å². The van der Waals surface area contributed by atoms with E-state index in [1.807, 2.05) is 19.1 Å². The molecule has 1 atom stereocenters. The van der Waals surface area contributed by atoms with E-state index in [1.54, 1.807) is 0 Å². The fraction of sp³-hybridized carbons (Fsp3) is 0.294. The Bertz CT molecular complexity index is 426. The maximum absolute atomic E-state index is 9.64. The molecule has 0 fully saturated rings. The van der Waals surface area contributed by atoms with Gasteiger partial charge in [0, 0.05) is 19.6 Å².